The lowest BCUT2D eigenvalue weighted by Gasteiger charge is -2.38. The molecule has 1 fully saturated rings. The van der Waals surface area contributed by atoms with Gasteiger partial charge in [0.05, 0.1) is 18.8 Å². The van der Waals surface area contributed by atoms with Gasteiger partial charge in [0.2, 0.25) is 5.91 Å². The number of aromatic nitrogens is 1. The zero-order valence-corrected chi connectivity index (χ0v) is 23.4. The number of carboxylic acids is 1. The molecule has 41 heavy (non-hydrogen) atoms. The number of amides is 1. The Morgan fingerprint density at radius 1 is 0.976 bits per heavy atom. The molecule has 9 heteroatoms. The maximum atomic E-state index is 12.0. The number of hydrogen-bond acceptors (Lipinski definition) is 7. The van der Waals surface area contributed by atoms with E-state index in [9.17, 15) is 14.7 Å². The van der Waals surface area contributed by atoms with E-state index in [4.69, 9.17) is 14.6 Å². The van der Waals surface area contributed by atoms with Crippen LogP contribution in [0.2, 0.25) is 0 Å². The summed E-state index contributed by atoms with van der Waals surface area (Å²) in [4.78, 5) is 29.3. The standard InChI is InChI=1S/C32H39N3O6/c1-35(18-16-27-5-2-3-17-33-27)21-28-19-29(25-12-10-24(22-36)11-13-25)41-32(40-28)26-14-8-23(9-15-26)20-34-30(37)6-4-7-31(38)39/h2-3,5,8-15,17,28-29,32,36H,4,6-7,16,18-22H2,1H3,(H,34,37)(H,38,39)/t28-,29+,32+/m1/s1. The molecule has 0 aliphatic carbocycles. The minimum Gasteiger partial charge on any atom is -0.481 e. The number of carbonyl (C=O) groups is 2. The summed E-state index contributed by atoms with van der Waals surface area (Å²) in [5, 5.41) is 21.0. The minimum atomic E-state index is -0.900. The molecule has 3 N–H and O–H groups in total. The fraction of sp³-hybridized carbons (Fsp3) is 0.406. The predicted molar refractivity (Wildman–Crippen MR) is 154 cm³/mol. The molecule has 2 aromatic carbocycles. The minimum absolute atomic E-state index is 0.00360. The molecule has 1 aromatic heterocycles. The zero-order valence-electron chi connectivity index (χ0n) is 23.4. The van der Waals surface area contributed by atoms with Gasteiger partial charge in [-0.1, -0.05) is 54.6 Å². The van der Waals surface area contributed by atoms with Crippen LogP contribution in [-0.4, -0.2) is 58.2 Å². The van der Waals surface area contributed by atoms with Crippen LogP contribution in [0, 0.1) is 0 Å². The number of aliphatic carboxylic acids is 1. The molecule has 2 heterocycles. The molecule has 0 radical (unpaired) electrons. The molecule has 0 unspecified atom stereocenters. The topological polar surface area (TPSA) is 121 Å². The molecule has 3 atom stereocenters. The number of ether oxygens (including phenoxy) is 2. The van der Waals surface area contributed by atoms with Crippen molar-refractivity contribution in [3.63, 3.8) is 0 Å². The van der Waals surface area contributed by atoms with Crippen molar-refractivity contribution in [2.24, 2.45) is 0 Å². The summed E-state index contributed by atoms with van der Waals surface area (Å²) in [7, 11) is 2.09. The first-order chi connectivity index (χ1) is 19.9. The van der Waals surface area contributed by atoms with E-state index in [0.717, 1.165) is 47.5 Å². The van der Waals surface area contributed by atoms with Crippen LogP contribution in [-0.2, 0) is 38.6 Å². The van der Waals surface area contributed by atoms with Crippen LogP contribution in [0.25, 0.3) is 0 Å². The summed E-state index contributed by atoms with van der Waals surface area (Å²) < 4.78 is 12.9. The highest BCUT2D eigenvalue weighted by Crippen LogP contribution is 2.38. The monoisotopic (exact) mass is 561 g/mol. The van der Waals surface area contributed by atoms with E-state index in [-0.39, 0.29) is 37.6 Å². The highest BCUT2D eigenvalue weighted by Gasteiger charge is 2.32. The molecule has 0 spiro atoms. The SMILES string of the molecule is CN(CCc1ccccn1)C[C@H]1C[C@@H](c2ccc(CO)cc2)O[C@@H](c2ccc(CNC(=O)CCCC(=O)O)cc2)O1. The number of carbonyl (C=O) groups excluding carboxylic acids is 1. The molecular formula is C32H39N3O6. The van der Waals surface area contributed by atoms with Gasteiger partial charge in [-0.05, 0) is 42.3 Å². The third-order valence-electron chi connectivity index (χ3n) is 7.14. The molecule has 218 valence electrons. The van der Waals surface area contributed by atoms with E-state index in [1.165, 1.54) is 0 Å². The molecule has 9 nitrogen and oxygen atoms in total. The Hall–Kier alpha value is -3.63. The summed E-state index contributed by atoms with van der Waals surface area (Å²) in [6.07, 6.45) is 3.08. The van der Waals surface area contributed by atoms with Gasteiger partial charge in [0.1, 0.15) is 0 Å². The van der Waals surface area contributed by atoms with Gasteiger partial charge in [0.15, 0.2) is 6.29 Å². The fourth-order valence-corrected chi connectivity index (χ4v) is 4.81. The number of nitrogens with zero attached hydrogens (tertiary/aromatic N) is 2. The Morgan fingerprint density at radius 3 is 2.39 bits per heavy atom. The van der Waals surface area contributed by atoms with Crippen LogP contribution in [0.4, 0.5) is 0 Å². The first-order valence-corrected chi connectivity index (χ1v) is 14.1. The Balaban J connectivity index is 1.39. The number of pyridine rings is 1. The molecule has 4 rings (SSSR count). The van der Waals surface area contributed by atoms with Gasteiger partial charge >= 0.3 is 5.97 Å². The number of benzene rings is 2. The van der Waals surface area contributed by atoms with Gasteiger partial charge in [0, 0.05) is 62.8 Å². The highest BCUT2D eigenvalue weighted by atomic mass is 16.7. The van der Waals surface area contributed by atoms with Crippen LogP contribution in [0.1, 0.15) is 66.0 Å². The largest absolute Gasteiger partial charge is 0.481 e. The van der Waals surface area contributed by atoms with E-state index in [1.54, 1.807) is 0 Å². The first-order valence-electron chi connectivity index (χ1n) is 14.1. The molecule has 1 aliphatic rings. The number of aliphatic hydroxyl groups is 1. The average Bonchev–Trinajstić information content (AvgIpc) is 2.99. The molecule has 0 bridgehead atoms. The Labute approximate surface area is 241 Å². The lowest BCUT2D eigenvalue weighted by Crippen LogP contribution is -2.38. The summed E-state index contributed by atoms with van der Waals surface area (Å²) >= 11 is 0. The fourth-order valence-electron chi connectivity index (χ4n) is 4.81. The van der Waals surface area contributed by atoms with Gasteiger partial charge in [-0.25, -0.2) is 0 Å². The maximum absolute atomic E-state index is 12.0. The summed E-state index contributed by atoms with van der Waals surface area (Å²) in [5.41, 5.74) is 4.77. The first kappa shape index (κ1) is 30.3. The van der Waals surface area contributed by atoms with E-state index < -0.39 is 12.3 Å². The second kappa shape index (κ2) is 15.4. The van der Waals surface area contributed by atoms with Crippen molar-refractivity contribution in [3.8, 4) is 0 Å². The molecule has 0 saturated carbocycles. The van der Waals surface area contributed by atoms with Crippen LogP contribution < -0.4 is 5.32 Å². The van der Waals surface area contributed by atoms with Crippen molar-refractivity contribution in [2.45, 2.75) is 63.8 Å². The van der Waals surface area contributed by atoms with Gasteiger partial charge in [0.25, 0.3) is 0 Å². The van der Waals surface area contributed by atoms with Gasteiger partial charge in [-0.3, -0.25) is 14.6 Å². The van der Waals surface area contributed by atoms with E-state index in [0.29, 0.717) is 19.4 Å². The van der Waals surface area contributed by atoms with E-state index >= 15 is 0 Å². The Bertz CT molecular complexity index is 1240. The van der Waals surface area contributed by atoms with Gasteiger partial charge in [-0.15, -0.1) is 0 Å². The van der Waals surface area contributed by atoms with Crippen LogP contribution in [0.3, 0.4) is 0 Å². The number of nitrogens with one attached hydrogen (secondary N) is 1. The summed E-state index contributed by atoms with van der Waals surface area (Å²) in [6.45, 7) is 1.96. The van der Waals surface area contributed by atoms with Crippen LogP contribution >= 0.6 is 0 Å². The maximum Gasteiger partial charge on any atom is 0.303 e. The average molecular weight is 562 g/mol. The van der Waals surface area contributed by atoms with Crippen molar-refractivity contribution in [3.05, 3.63) is 101 Å². The third-order valence-corrected chi connectivity index (χ3v) is 7.14. The molecule has 1 aliphatic heterocycles. The van der Waals surface area contributed by atoms with Crippen molar-refractivity contribution in [1.29, 1.82) is 0 Å². The van der Waals surface area contributed by atoms with E-state index in [1.807, 2.05) is 72.9 Å². The Morgan fingerprint density at radius 2 is 1.71 bits per heavy atom. The number of likely N-dealkylation sites (N-methyl/N-ethyl adjacent to an activating group) is 1. The van der Waals surface area contributed by atoms with Crippen molar-refractivity contribution < 1.29 is 29.3 Å². The zero-order chi connectivity index (χ0) is 29.0. The number of rotatable bonds is 14. The van der Waals surface area contributed by atoms with Crippen molar-refractivity contribution >= 4 is 11.9 Å². The van der Waals surface area contributed by atoms with Gasteiger partial charge in [-0.2, -0.15) is 0 Å². The number of hydrogen-bond donors (Lipinski definition) is 3. The second-order valence-corrected chi connectivity index (χ2v) is 10.4. The normalized spacial score (nSPS) is 18.8. The van der Waals surface area contributed by atoms with Crippen LogP contribution in [0.15, 0.2) is 72.9 Å². The third kappa shape index (κ3) is 9.75. The molecule has 1 amide bonds. The summed E-state index contributed by atoms with van der Waals surface area (Å²) in [5.74, 6) is -1.07. The van der Waals surface area contributed by atoms with Crippen molar-refractivity contribution in [2.75, 3.05) is 20.1 Å². The van der Waals surface area contributed by atoms with Gasteiger partial charge < -0.3 is 29.9 Å². The molecular weight excluding hydrogens is 522 g/mol. The lowest BCUT2D eigenvalue weighted by atomic mass is 9.99. The predicted octanol–water partition coefficient (Wildman–Crippen LogP) is 4.16. The highest BCUT2D eigenvalue weighted by molar-refractivity contribution is 5.76. The smallest absolute Gasteiger partial charge is 0.303 e. The van der Waals surface area contributed by atoms with Crippen molar-refractivity contribution in [1.82, 2.24) is 15.2 Å². The quantitative estimate of drug-likeness (QED) is 0.268. The summed E-state index contributed by atoms with van der Waals surface area (Å²) in [6, 6.07) is 21.6. The second-order valence-electron chi connectivity index (χ2n) is 10.4. The Kier molecular flexibility index (Phi) is 11.4. The van der Waals surface area contributed by atoms with Crippen LogP contribution in [0.5, 0.6) is 0 Å². The number of carboxylic acid groups (broad SMARTS) is 1. The molecule has 3 aromatic rings. The molecule has 1 saturated heterocycles. The van der Waals surface area contributed by atoms with E-state index in [2.05, 4.69) is 22.2 Å². The lowest BCUT2D eigenvalue weighted by molar-refractivity contribution is -0.252. The number of aliphatic hydroxyl groups excluding tert-OH is 1.